The second kappa shape index (κ2) is 27.1. The Labute approximate surface area is 462 Å². The molecule has 0 aliphatic rings. The van der Waals surface area contributed by atoms with Gasteiger partial charge in [-0.25, -0.2) is 54.3 Å². The van der Waals surface area contributed by atoms with Crippen molar-refractivity contribution < 1.29 is 155 Å². The predicted octanol–water partition coefficient (Wildman–Crippen LogP) is 0.771. The minimum atomic E-state index is -3.80. The number of fused-ring (bicyclic) bond motifs is 2. The van der Waals surface area contributed by atoms with Crippen LogP contribution in [0.4, 0.5) is 15.4 Å². The number of benzene rings is 2. The van der Waals surface area contributed by atoms with Crippen molar-refractivity contribution in [3.05, 3.63) is 101 Å². The van der Waals surface area contributed by atoms with Crippen molar-refractivity contribution in [1.82, 2.24) is 27.9 Å². The number of aromatic nitrogens is 6. The Morgan fingerprint density at radius 3 is 1.46 bits per heavy atom. The molecule has 0 saturated carbocycles. The summed E-state index contributed by atoms with van der Waals surface area (Å²) in [5, 5.41) is 10.9. The number of nitrogens with one attached hydrogen (secondary N) is 1. The molecular formula is C39H51BrK2N8O11S2. The van der Waals surface area contributed by atoms with E-state index in [-0.39, 0.29) is 147 Å². The fourth-order valence-corrected chi connectivity index (χ4v) is 7.44. The zero-order chi connectivity index (χ0) is 44.3. The van der Waals surface area contributed by atoms with Crippen molar-refractivity contribution >= 4 is 82.8 Å². The molecule has 0 saturated heterocycles. The molecule has 4 heterocycles. The van der Waals surface area contributed by atoms with Gasteiger partial charge in [0.1, 0.15) is 26.8 Å². The Hall–Kier alpha value is -2.70. The van der Waals surface area contributed by atoms with Crippen LogP contribution in [0.1, 0.15) is 68.9 Å². The third-order valence-corrected chi connectivity index (χ3v) is 10.7. The number of anilines is 1. The number of hydrogen-bond acceptors (Lipinski definition) is 15. The van der Waals surface area contributed by atoms with Gasteiger partial charge in [0.05, 0.1) is 22.2 Å². The van der Waals surface area contributed by atoms with Gasteiger partial charge in [-0.2, -0.15) is 0 Å². The van der Waals surface area contributed by atoms with Gasteiger partial charge in [0, 0.05) is 12.4 Å². The van der Waals surface area contributed by atoms with Crippen molar-refractivity contribution in [3.8, 4) is 0 Å². The number of nitrogens with two attached hydrogens (primary N) is 1. The summed E-state index contributed by atoms with van der Waals surface area (Å²) in [7, 11) is -7.45. The number of ether oxygens (including phenoxy) is 2. The monoisotopic (exact) mass is 1030 g/mol. The quantitative estimate of drug-likeness (QED) is 0.101. The molecule has 0 spiro atoms. The molecule has 0 radical (unpaired) electrons. The van der Waals surface area contributed by atoms with Crippen LogP contribution >= 0.6 is 15.9 Å². The molecule has 6 aromatic rings. The van der Waals surface area contributed by atoms with E-state index in [2.05, 4.69) is 50.8 Å². The summed E-state index contributed by atoms with van der Waals surface area (Å²) in [4.78, 5) is 50.2. The Balaban J connectivity index is -0.000000890. The first-order chi connectivity index (χ1) is 27.4. The molecule has 2 aromatic carbocycles. The maximum atomic E-state index is 12.8. The third-order valence-electron chi connectivity index (χ3n) is 6.91. The normalized spacial score (nSPS) is 10.7. The van der Waals surface area contributed by atoms with E-state index in [1.807, 2.05) is 13.8 Å². The van der Waals surface area contributed by atoms with Crippen LogP contribution in [0.5, 0.6) is 0 Å². The minimum absolute atomic E-state index is 0. The van der Waals surface area contributed by atoms with E-state index in [1.54, 1.807) is 96.1 Å². The van der Waals surface area contributed by atoms with Gasteiger partial charge < -0.3 is 26.8 Å². The molecule has 0 unspecified atom stereocenters. The number of hydrogen-bond donors (Lipinski definition) is 2. The molecule has 334 valence electrons. The van der Waals surface area contributed by atoms with E-state index < -0.39 is 43.4 Å². The Kier molecular flexibility index (Phi) is 26.8. The maximum Gasteiger partial charge on any atom is 1.00 e. The van der Waals surface area contributed by atoms with Gasteiger partial charge in [-0.15, -0.1) is 0 Å². The summed E-state index contributed by atoms with van der Waals surface area (Å²) < 4.78 is 63.4. The smallest absolute Gasteiger partial charge is 1.00 e. The van der Waals surface area contributed by atoms with Crippen LogP contribution in [0.3, 0.4) is 0 Å². The van der Waals surface area contributed by atoms with Gasteiger partial charge in [0.15, 0.2) is 17.1 Å². The zero-order valence-corrected chi connectivity index (χ0v) is 44.6. The van der Waals surface area contributed by atoms with Crippen LogP contribution in [0.15, 0.2) is 99.8 Å². The summed E-state index contributed by atoms with van der Waals surface area (Å²) in [5.41, 5.74) is 6.93. The molecule has 0 atom stereocenters. The average molecular weight is 1030 g/mol. The van der Waals surface area contributed by atoms with Gasteiger partial charge in [-0.3, -0.25) is 10.1 Å². The molecule has 0 bridgehead atoms. The topological polar surface area (TPSA) is 270 Å². The number of nitrogens with zero attached hydrogens (tertiary/aromatic N) is 6. The van der Waals surface area contributed by atoms with Crippen molar-refractivity contribution in [3.63, 3.8) is 0 Å². The van der Waals surface area contributed by atoms with Gasteiger partial charge in [-0.05, 0) is 108 Å². The van der Waals surface area contributed by atoms with Crippen LogP contribution in [-0.4, -0.2) is 74.6 Å². The molecule has 24 heteroatoms. The fraction of sp³-hybridized carbons (Fsp3) is 0.308. The van der Waals surface area contributed by atoms with E-state index in [0.717, 1.165) is 19.1 Å². The first-order valence-electron chi connectivity index (χ1n) is 17.1. The van der Waals surface area contributed by atoms with Crippen molar-refractivity contribution in [2.24, 2.45) is 5.73 Å². The third kappa shape index (κ3) is 19.4. The predicted molar refractivity (Wildman–Crippen MR) is 232 cm³/mol. The molecule has 19 nitrogen and oxygen atoms in total. The summed E-state index contributed by atoms with van der Waals surface area (Å²) in [5.74, 6) is 0.169. The van der Waals surface area contributed by atoms with Crippen LogP contribution in [0.2, 0.25) is 0 Å². The number of rotatable bonds is 6. The Morgan fingerprint density at radius 2 is 1.11 bits per heavy atom. The number of primary amides is 1. The molecule has 0 aliphatic carbocycles. The molecule has 3 N–H and O–H groups in total. The first-order valence-corrected chi connectivity index (χ1v) is 20.7. The van der Waals surface area contributed by atoms with Crippen LogP contribution < -0.4 is 119 Å². The summed E-state index contributed by atoms with van der Waals surface area (Å²) in [6, 6.07) is 16.4. The molecule has 4 aromatic heterocycles. The average Bonchev–Trinajstić information content (AvgIpc) is 3.76. The SMILES string of the molecule is C.C.CC(C)(C)OC(N)=O.Cc1ccc(S(=O)(=O)n2ccc3nc(Br)cnc32)cc1.Cc1ccc(S(=O)(=O)n2ccc3nc(NC(=O)OC(C)(C)C)cnc32)cc1.O=CO[O-].[H-].[K+].[K+]. The molecule has 63 heavy (non-hydrogen) atoms. The van der Waals surface area contributed by atoms with Gasteiger partial charge >= 0.3 is 115 Å². The van der Waals surface area contributed by atoms with E-state index in [4.69, 9.17) is 20.5 Å². The largest absolute Gasteiger partial charge is 1.00 e. The van der Waals surface area contributed by atoms with E-state index >= 15 is 0 Å². The van der Waals surface area contributed by atoms with E-state index in [0.29, 0.717) is 21.3 Å². The van der Waals surface area contributed by atoms with Gasteiger partial charge in [0.25, 0.3) is 26.5 Å². The number of halogens is 1. The van der Waals surface area contributed by atoms with Gasteiger partial charge in [0.2, 0.25) is 0 Å². The van der Waals surface area contributed by atoms with Crippen LogP contribution in [-0.2, 0) is 39.2 Å². The summed E-state index contributed by atoms with van der Waals surface area (Å²) >= 11 is 3.21. The second-order valence-corrected chi connectivity index (χ2v) is 18.5. The zero-order valence-electron chi connectivity index (χ0n) is 36.1. The van der Waals surface area contributed by atoms with Crippen LogP contribution in [0, 0.1) is 13.8 Å². The molecule has 2 amide bonds. The molecule has 0 aliphatic heterocycles. The second-order valence-electron chi connectivity index (χ2n) is 14.1. The van der Waals surface area contributed by atoms with Crippen LogP contribution in [0.25, 0.3) is 22.3 Å². The minimum Gasteiger partial charge on any atom is -1.00 e. The molecular weight excluding hydrogens is 979 g/mol. The van der Waals surface area contributed by atoms with E-state index in [9.17, 15) is 26.4 Å². The molecule has 0 fully saturated rings. The number of aryl methyl sites for hydroxylation is 2. The summed E-state index contributed by atoms with van der Waals surface area (Å²) in [6.45, 7) is 14.1. The maximum absolute atomic E-state index is 12.8. The summed E-state index contributed by atoms with van der Waals surface area (Å²) in [6.07, 6.45) is 4.22. The fourth-order valence-electron chi connectivity index (χ4n) is 4.56. The number of carbonyl (C=O) groups excluding carboxylic acids is 3. The Bertz CT molecular complexity index is 2640. The Morgan fingerprint density at radius 1 is 0.730 bits per heavy atom. The standard InChI is InChI=1S/C18H20N4O4S.C13H10BrN3O2S.C5H11NO2.CH2O3.2CH4.2K.H/c1-12-5-7-13(8-6-12)27(24,25)22-10-9-14-16(22)19-11-15(20-14)21-17(23)26-18(2,3)4;1-9-2-4-10(5-3-9)20(18,19)17-7-6-11-13(17)15-8-12(14)16-11;1-5(2,3)8-4(6)7;2-1-4-3;;;;;/h5-11H,1-4H3,(H,20,21,23);2-8H,1H3;1-3H3,(H2,6,7);1,3H;2*1H4;;;/q;;;;;;2*+1;-1/p-1. The van der Waals surface area contributed by atoms with Crippen molar-refractivity contribution in [2.45, 2.75) is 91.2 Å². The van der Waals surface area contributed by atoms with Crippen molar-refractivity contribution in [1.29, 1.82) is 0 Å². The first kappa shape index (κ1) is 62.4. The molecule has 6 rings (SSSR count). The van der Waals surface area contributed by atoms with E-state index in [1.165, 1.54) is 30.9 Å². The number of carbonyl (C=O) groups is 3. The number of amides is 2. The van der Waals surface area contributed by atoms with Gasteiger partial charge in [-0.1, -0.05) is 50.2 Å². The van der Waals surface area contributed by atoms with Crippen molar-refractivity contribution in [2.75, 3.05) is 5.32 Å².